The third kappa shape index (κ3) is 4.23. The van der Waals surface area contributed by atoms with E-state index in [1.54, 1.807) is 0 Å². The summed E-state index contributed by atoms with van der Waals surface area (Å²) < 4.78 is 0. The number of aryl methyl sites for hydroxylation is 2. The summed E-state index contributed by atoms with van der Waals surface area (Å²) >= 11 is 0. The van der Waals surface area contributed by atoms with Crippen molar-refractivity contribution in [1.29, 1.82) is 0 Å². The van der Waals surface area contributed by atoms with Crippen LogP contribution in [0.25, 0.3) is 11.1 Å². The van der Waals surface area contributed by atoms with Gasteiger partial charge in [-0.15, -0.1) is 0 Å². The van der Waals surface area contributed by atoms with E-state index in [9.17, 15) is 0 Å². The number of rotatable bonds is 7. The van der Waals surface area contributed by atoms with Crippen LogP contribution >= 0.6 is 0 Å². The van der Waals surface area contributed by atoms with Crippen molar-refractivity contribution in [3.63, 3.8) is 0 Å². The van der Waals surface area contributed by atoms with Gasteiger partial charge >= 0.3 is 0 Å². The van der Waals surface area contributed by atoms with Crippen molar-refractivity contribution in [1.82, 2.24) is 0 Å². The van der Waals surface area contributed by atoms with Crippen LogP contribution in [-0.2, 0) is 12.8 Å². The number of hydrogen-bond acceptors (Lipinski definition) is 0. The summed E-state index contributed by atoms with van der Waals surface area (Å²) in [4.78, 5) is 0. The fourth-order valence-corrected chi connectivity index (χ4v) is 2.55. The first-order valence-electron chi connectivity index (χ1n) is 8.01. The van der Waals surface area contributed by atoms with Crippen molar-refractivity contribution in [3.8, 4) is 11.1 Å². The second kappa shape index (κ2) is 7.89. The van der Waals surface area contributed by atoms with E-state index < -0.39 is 0 Å². The fraction of sp³-hybridized carbons (Fsp3) is 0.400. The molecule has 0 unspecified atom stereocenters. The van der Waals surface area contributed by atoms with Gasteiger partial charge in [0.2, 0.25) is 0 Å². The van der Waals surface area contributed by atoms with Gasteiger partial charge in [0.05, 0.1) is 0 Å². The normalized spacial score (nSPS) is 10.7. The zero-order valence-electron chi connectivity index (χ0n) is 12.9. The van der Waals surface area contributed by atoms with E-state index in [0.717, 1.165) is 6.42 Å². The summed E-state index contributed by atoms with van der Waals surface area (Å²) in [6.07, 6.45) is 7.68. The SMILES string of the molecule is CCCCCCc1ccc(-c2ccc(CC)cc2)cc1. The highest BCUT2D eigenvalue weighted by Crippen LogP contribution is 2.21. The van der Waals surface area contributed by atoms with Crippen molar-refractivity contribution in [3.05, 3.63) is 59.7 Å². The van der Waals surface area contributed by atoms with E-state index in [4.69, 9.17) is 0 Å². The van der Waals surface area contributed by atoms with Crippen molar-refractivity contribution in [2.24, 2.45) is 0 Å². The van der Waals surface area contributed by atoms with Crippen LogP contribution in [0.4, 0.5) is 0 Å². The molecule has 0 aliphatic heterocycles. The second-order valence-electron chi connectivity index (χ2n) is 5.56. The van der Waals surface area contributed by atoms with E-state index in [1.165, 1.54) is 54.4 Å². The Balaban J connectivity index is 1.96. The summed E-state index contributed by atoms with van der Waals surface area (Å²) in [6.45, 7) is 4.46. The molecule has 0 amide bonds. The highest BCUT2D eigenvalue weighted by Gasteiger charge is 1.99. The maximum absolute atomic E-state index is 2.29. The fourth-order valence-electron chi connectivity index (χ4n) is 2.55. The quantitative estimate of drug-likeness (QED) is 0.536. The lowest BCUT2D eigenvalue weighted by Crippen LogP contribution is -1.87. The Hall–Kier alpha value is -1.56. The molecule has 106 valence electrons. The van der Waals surface area contributed by atoms with E-state index in [2.05, 4.69) is 62.4 Å². The highest BCUT2D eigenvalue weighted by atomic mass is 14.0. The molecule has 0 saturated heterocycles. The van der Waals surface area contributed by atoms with Crippen LogP contribution in [0.15, 0.2) is 48.5 Å². The molecule has 0 bridgehead atoms. The lowest BCUT2D eigenvalue weighted by Gasteiger charge is -2.06. The predicted octanol–water partition coefficient (Wildman–Crippen LogP) is 6.04. The molecule has 20 heavy (non-hydrogen) atoms. The van der Waals surface area contributed by atoms with Crippen LogP contribution in [0, 0.1) is 0 Å². The summed E-state index contributed by atoms with van der Waals surface area (Å²) in [5.41, 5.74) is 5.51. The van der Waals surface area contributed by atoms with Crippen LogP contribution < -0.4 is 0 Å². The molecule has 0 atom stereocenters. The average molecular weight is 266 g/mol. The van der Waals surface area contributed by atoms with Gasteiger partial charge in [-0.3, -0.25) is 0 Å². The zero-order valence-corrected chi connectivity index (χ0v) is 12.9. The first-order chi connectivity index (χ1) is 9.83. The lowest BCUT2D eigenvalue weighted by molar-refractivity contribution is 0.667. The molecule has 0 spiro atoms. The van der Waals surface area contributed by atoms with Crippen molar-refractivity contribution < 1.29 is 0 Å². The first-order valence-corrected chi connectivity index (χ1v) is 8.01. The molecular weight excluding hydrogens is 240 g/mol. The van der Waals surface area contributed by atoms with Crippen molar-refractivity contribution >= 4 is 0 Å². The Labute approximate surface area is 123 Å². The van der Waals surface area contributed by atoms with Crippen molar-refractivity contribution in [2.45, 2.75) is 52.4 Å². The smallest absolute Gasteiger partial charge is 0.0184 e. The molecule has 0 aromatic heterocycles. The molecule has 0 saturated carbocycles. The zero-order chi connectivity index (χ0) is 14.2. The largest absolute Gasteiger partial charge is 0.0654 e. The minimum absolute atomic E-state index is 1.11. The topological polar surface area (TPSA) is 0 Å². The number of unbranched alkanes of at least 4 members (excludes halogenated alkanes) is 3. The summed E-state index contributed by atoms with van der Waals surface area (Å²) in [7, 11) is 0. The van der Waals surface area contributed by atoms with E-state index >= 15 is 0 Å². The molecule has 0 heterocycles. The molecule has 0 nitrogen and oxygen atoms in total. The minimum atomic E-state index is 1.11. The van der Waals surface area contributed by atoms with Crippen LogP contribution in [0.3, 0.4) is 0 Å². The average Bonchev–Trinajstić information content (AvgIpc) is 2.52. The van der Waals surface area contributed by atoms with Gasteiger partial charge in [-0.1, -0.05) is 81.6 Å². The molecule has 0 N–H and O–H groups in total. The molecular formula is C20H26. The van der Waals surface area contributed by atoms with Gasteiger partial charge in [0, 0.05) is 0 Å². The molecule has 0 heteroatoms. The van der Waals surface area contributed by atoms with Gasteiger partial charge in [-0.05, 0) is 41.5 Å². The standard InChI is InChI=1S/C20H26/c1-3-5-6-7-8-18-11-15-20(16-12-18)19-13-9-17(4-2)10-14-19/h9-16H,3-8H2,1-2H3. The number of benzene rings is 2. The lowest BCUT2D eigenvalue weighted by atomic mass is 10.00. The molecule has 0 fully saturated rings. The van der Waals surface area contributed by atoms with Crippen molar-refractivity contribution in [2.75, 3.05) is 0 Å². The Morgan fingerprint density at radius 2 is 1.15 bits per heavy atom. The molecule has 0 aliphatic carbocycles. The van der Waals surface area contributed by atoms with Crippen LogP contribution in [0.5, 0.6) is 0 Å². The number of hydrogen-bond donors (Lipinski definition) is 0. The highest BCUT2D eigenvalue weighted by molar-refractivity contribution is 5.63. The van der Waals surface area contributed by atoms with E-state index in [0.29, 0.717) is 0 Å². The van der Waals surface area contributed by atoms with Crippen LogP contribution in [0.1, 0.15) is 50.7 Å². The maximum atomic E-state index is 2.29. The van der Waals surface area contributed by atoms with Gasteiger partial charge in [0.1, 0.15) is 0 Å². The second-order valence-corrected chi connectivity index (χ2v) is 5.56. The van der Waals surface area contributed by atoms with Crippen LogP contribution in [-0.4, -0.2) is 0 Å². The Bertz CT molecular complexity index is 491. The third-order valence-corrected chi connectivity index (χ3v) is 3.97. The molecule has 2 rings (SSSR count). The van der Waals surface area contributed by atoms with Gasteiger partial charge in [-0.2, -0.15) is 0 Å². The van der Waals surface area contributed by atoms with Gasteiger partial charge < -0.3 is 0 Å². The molecule has 0 aliphatic rings. The van der Waals surface area contributed by atoms with Gasteiger partial charge in [0.15, 0.2) is 0 Å². The maximum Gasteiger partial charge on any atom is -0.0184 e. The summed E-state index contributed by atoms with van der Waals surface area (Å²) in [5, 5.41) is 0. The molecule has 2 aromatic carbocycles. The Morgan fingerprint density at radius 3 is 1.65 bits per heavy atom. The van der Waals surface area contributed by atoms with Gasteiger partial charge in [0.25, 0.3) is 0 Å². The monoisotopic (exact) mass is 266 g/mol. The first kappa shape index (κ1) is 14.8. The van der Waals surface area contributed by atoms with Crippen LogP contribution in [0.2, 0.25) is 0 Å². The predicted molar refractivity (Wildman–Crippen MR) is 89.1 cm³/mol. The van der Waals surface area contributed by atoms with E-state index in [-0.39, 0.29) is 0 Å². The summed E-state index contributed by atoms with van der Waals surface area (Å²) in [6, 6.07) is 18.0. The molecule has 0 radical (unpaired) electrons. The molecule has 2 aromatic rings. The van der Waals surface area contributed by atoms with Gasteiger partial charge in [-0.25, -0.2) is 0 Å². The minimum Gasteiger partial charge on any atom is -0.0654 e. The summed E-state index contributed by atoms with van der Waals surface area (Å²) in [5.74, 6) is 0. The van der Waals surface area contributed by atoms with E-state index in [1.807, 2.05) is 0 Å². The third-order valence-electron chi connectivity index (χ3n) is 3.97. The Morgan fingerprint density at radius 1 is 0.600 bits per heavy atom. The Kier molecular flexibility index (Phi) is 5.86.